The van der Waals surface area contributed by atoms with E-state index in [4.69, 9.17) is 5.11 Å². The number of nitrogens with zero attached hydrogens (tertiary/aromatic N) is 3. The van der Waals surface area contributed by atoms with Crippen molar-refractivity contribution in [3.05, 3.63) is 97.3 Å². The molecule has 1 N–H and O–H groups in total. The smallest absolute Gasteiger partial charge is 0.164 e. The largest absolute Gasteiger partial charge is 0.505 e. The average molecular weight is 539 g/mol. The third-order valence-electron chi connectivity index (χ3n) is 3.41. The molecule has 0 atom stereocenters. The SMILES string of the molecule is Oc1ccccc1F.[Pt].[c-]1c(-c2ccccn2)cncc1-c1ccccn1. The average Bonchev–Trinajstić information content (AvgIpc) is 2.72. The summed E-state index contributed by atoms with van der Waals surface area (Å²) >= 11 is 0. The van der Waals surface area contributed by atoms with Crippen LogP contribution < -0.4 is 0 Å². The van der Waals surface area contributed by atoms with Crippen LogP contribution in [0.5, 0.6) is 5.75 Å². The van der Waals surface area contributed by atoms with Crippen molar-refractivity contribution in [3.63, 3.8) is 0 Å². The quantitative estimate of drug-likeness (QED) is 0.381. The summed E-state index contributed by atoms with van der Waals surface area (Å²) in [5, 5.41) is 8.54. The number of aromatic hydroxyl groups is 1. The van der Waals surface area contributed by atoms with Gasteiger partial charge in [0.05, 0.1) is 0 Å². The normalized spacial score (nSPS) is 9.52. The predicted molar refractivity (Wildman–Crippen MR) is 97.6 cm³/mol. The van der Waals surface area contributed by atoms with Gasteiger partial charge in [0, 0.05) is 44.8 Å². The summed E-state index contributed by atoms with van der Waals surface area (Å²) in [6.07, 6.45) is 7.04. The maximum Gasteiger partial charge on any atom is 0.164 e. The first-order chi connectivity index (χ1) is 12.7. The second-order valence-electron chi connectivity index (χ2n) is 5.24. The van der Waals surface area contributed by atoms with Crippen molar-refractivity contribution in [2.75, 3.05) is 0 Å². The zero-order valence-electron chi connectivity index (χ0n) is 14.1. The zero-order valence-corrected chi connectivity index (χ0v) is 16.3. The Labute approximate surface area is 171 Å². The minimum Gasteiger partial charge on any atom is -0.505 e. The molecule has 0 aliphatic carbocycles. The van der Waals surface area contributed by atoms with Gasteiger partial charge in [0.1, 0.15) is 0 Å². The minimum atomic E-state index is -0.576. The zero-order chi connectivity index (χ0) is 18.2. The Morgan fingerprint density at radius 1 is 0.741 bits per heavy atom. The Bertz CT molecular complexity index is 893. The molecule has 0 bridgehead atoms. The van der Waals surface area contributed by atoms with Gasteiger partial charge in [0.25, 0.3) is 0 Å². The first-order valence-corrected chi connectivity index (χ1v) is 7.87. The summed E-state index contributed by atoms with van der Waals surface area (Å²) < 4.78 is 12.1. The van der Waals surface area contributed by atoms with E-state index in [2.05, 4.69) is 21.0 Å². The topological polar surface area (TPSA) is 58.9 Å². The Balaban J connectivity index is 0.000000247. The van der Waals surface area contributed by atoms with E-state index in [1.165, 1.54) is 18.2 Å². The van der Waals surface area contributed by atoms with Crippen molar-refractivity contribution in [1.29, 1.82) is 0 Å². The van der Waals surface area contributed by atoms with Crippen LogP contribution in [0.3, 0.4) is 0 Å². The van der Waals surface area contributed by atoms with Crippen molar-refractivity contribution in [1.82, 2.24) is 15.0 Å². The number of benzene rings is 1. The van der Waals surface area contributed by atoms with E-state index in [-0.39, 0.29) is 26.8 Å². The number of rotatable bonds is 2. The molecule has 0 unspecified atom stereocenters. The number of hydrogen-bond acceptors (Lipinski definition) is 4. The van der Waals surface area contributed by atoms with Crippen LogP contribution in [0.15, 0.2) is 85.5 Å². The van der Waals surface area contributed by atoms with Gasteiger partial charge in [-0.05, 0) is 36.7 Å². The van der Waals surface area contributed by atoms with E-state index < -0.39 is 5.82 Å². The van der Waals surface area contributed by atoms with E-state index in [0.717, 1.165) is 22.5 Å². The van der Waals surface area contributed by atoms with Crippen LogP contribution in [-0.4, -0.2) is 20.1 Å². The number of halogens is 1. The third-order valence-corrected chi connectivity index (χ3v) is 3.41. The van der Waals surface area contributed by atoms with Gasteiger partial charge in [-0.2, -0.15) is 0 Å². The molecule has 1 aromatic carbocycles. The second-order valence-corrected chi connectivity index (χ2v) is 5.24. The number of pyridine rings is 3. The van der Waals surface area contributed by atoms with E-state index in [0.29, 0.717) is 0 Å². The minimum absolute atomic E-state index is 0. The van der Waals surface area contributed by atoms with Crippen molar-refractivity contribution < 1.29 is 30.6 Å². The molecule has 0 saturated carbocycles. The molecule has 0 saturated heterocycles. The number of aromatic nitrogens is 3. The summed E-state index contributed by atoms with van der Waals surface area (Å²) in [6, 6.07) is 20.4. The maximum atomic E-state index is 12.1. The van der Waals surface area contributed by atoms with Crippen LogP contribution in [0.25, 0.3) is 22.5 Å². The van der Waals surface area contributed by atoms with Gasteiger partial charge >= 0.3 is 0 Å². The fraction of sp³-hybridized carbons (Fsp3) is 0. The van der Waals surface area contributed by atoms with Gasteiger partial charge in [-0.3, -0.25) is 9.97 Å². The molecule has 27 heavy (non-hydrogen) atoms. The van der Waals surface area contributed by atoms with Crippen LogP contribution in [0.4, 0.5) is 4.39 Å². The van der Waals surface area contributed by atoms with Crippen LogP contribution in [-0.2, 0) is 21.1 Å². The molecule has 0 spiro atoms. The van der Waals surface area contributed by atoms with Crippen molar-refractivity contribution in [2.45, 2.75) is 0 Å². The Kier molecular flexibility index (Phi) is 7.77. The molecule has 4 aromatic rings. The molecular formula is C21H15FN3OPt-. The molecule has 3 heterocycles. The van der Waals surface area contributed by atoms with Gasteiger partial charge in [-0.25, -0.2) is 4.39 Å². The molecule has 0 fully saturated rings. The summed E-state index contributed by atoms with van der Waals surface area (Å²) in [7, 11) is 0. The molecule has 3 aromatic heterocycles. The summed E-state index contributed by atoms with van der Waals surface area (Å²) in [6.45, 7) is 0. The summed E-state index contributed by atoms with van der Waals surface area (Å²) in [5.41, 5.74) is 3.48. The Morgan fingerprint density at radius 2 is 1.26 bits per heavy atom. The Morgan fingerprint density at radius 3 is 1.67 bits per heavy atom. The van der Waals surface area contributed by atoms with Gasteiger partial charge < -0.3 is 10.1 Å². The molecule has 0 aliphatic rings. The molecule has 138 valence electrons. The van der Waals surface area contributed by atoms with Crippen LogP contribution in [0, 0.1) is 11.9 Å². The molecule has 0 radical (unpaired) electrons. The fourth-order valence-electron chi connectivity index (χ4n) is 2.15. The Hall–Kier alpha value is -2.91. The second kappa shape index (κ2) is 10.3. The van der Waals surface area contributed by atoms with Gasteiger partial charge in [-0.1, -0.05) is 47.5 Å². The molecule has 0 aliphatic heterocycles. The monoisotopic (exact) mass is 539 g/mol. The van der Waals surface area contributed by atoms with E-state index in [9.17, 15) is 4.39 Å². The summed E-state index contributed by atoms with van der Waals surface area (Å²) in [5.74, 6) is -0.875. The fourth-order valence-corrected chi connectivity index (χ4v) is 2.15. The van der Waals surface area contributed by atoms with Crippen molar-refractivity contribution in [2.24, 2.45) is 0 Å². The first-order valence-electron chi connectivity index (χ1n) is 7.87. The van der Waals surface area contributed by atoms with Gasteiger partial charge in [-0.15, -0.1) is 6.07 Å². The molecular weight excluding hydrogens is 524 g/mol. The maximum absolute atomic E-state index is 12.1. The third kappa shape index (κ3) is 5.80. The van der Waals surface area contributed by atoms with E-state index >= 15 is 0 Å². The summed E-state index contributed by atoms with van der Waals surface area (Å²) in [4.78, 5) is 12.8. The number of phenols is 1. The molecule has 6 heteroatoms. The van der Waals surface area contributed by atoms with Crippen molar-refractivity contribution >= 4 is 0 Å². The number of phenolic OH excluding ortho intramolecular Hbond substituents is 1. The number of para-hydroxylation sites is 1. The van der Waals surface area contributed by atoms with E-state index in [1.54, 1.807) is 30.9 Å². The van der Waals surface area contributed by atoms with Crippen LogP contribution >= 0.6 is 0 Å². The van der Waals surface area contributed by atoms with Crippen molar-refractivity contribution in [3.8, 4) is 28.3 Å². The predicted octanol–water partition coefficient (Wildman–Crippen LogP) is 4.53. The number of hydrogen-bond donors (Lipinski definition) is 1. The molecule has 4 nitrogen and oxygen atoms in total. The first kappa shape index (κ1) is 20.4. The van der Waals surface area contributed by atoms with Gasteiger partial charge in [0.15, 0.2) is 11.6 Å². The molecule has 4 rings (SSSR count). The standard InChI is InChI=1S/C15H10N3.C6H5FO.Pt/c1-3-7-17-14(5-1)12-9-13(11-16-10-12)15-6-2-4-8-18-15;7-5-3-1-2-4-6(5)8;/h1-8,10-11H;1-4,8H;/q-1;;. The van der Waals surface area contributed by atoms with E-state index in [1.807, 2.05) is 36.4 Å². The van der Waals surface area contributed by atoms with Crippen LogP contribution in [0.2, 0.25) is 0 Å². The van der Waals surface area contributed by atoms with Crippen LogP contribution in [0.1, 0.15) is 0 Å². The van der Waals surface area contributed by atoms with Gasteiger partial charge in [0.2, 0.25) is 0 Å². The molecule has 0 amide bonds.